The molecule has 0 aliphatic heterocycles. The van der Waals surface area contributed by atoms with Crippen LogP contribution in [-0.2, 0) is 0 Å². The molecule has 1 heterocycles. The normalized spacial score (nSPS) is 10.9. The standard InChI is InChI=1S/C22H23ClN4O/c1-27(2)10-9-25-22(28)17-7-3-5-15(11-17)18-13-20(21(24)26-14-18)16-6-4-8-19(23)12-16/h3-8,11-14H,9-10H2,1-2H3,(H2,24,26)(H,25,28). The van der Waals surface area contributed by atoms with Gasteiger partial charge in [0.1, 0.15) is 5.82 Å². The van der Waals surface area contributed by atoms with Crippen LogP contribution in [0.3, 0.4) is 0 Å². The van der Waals surface area contributed by atoms with E-state index < -0.39 is 0 Å². The van der Waals surface area contributed by atoms with Gasteiger partial charge in [0, 0.05) is 41.0 Å². The van der Waals surface area contributed by atoms with Crippen LogP contribution in [0.1, 0.15) is 10.4 Å². The number of carbonyl (C=O) groups excluding carboxylic acids is 1. The van der Waals surface area contributed by atoms with Crippen molar-refractivity contribution >= 4 is 23.3 Å². The molecule has 144 valence electrons. The Morgan fingerprint density at radius 2 is 1.82 bits per heavy atom. The van der Waals surface area contributed by atoms with Crippen LogP contribution in [0, 0.1) is 0 Å². The van der Waals surface area contributed by atoms with Crippen molar-refractivity contribution in [1.29, 1.82) is 0 Å². The summed E-state index contributed by atoms with van der Waals surface area (Å²) in [7, 11) is 3.94. The number of benzene rings is 2. The van der Waals surface area contributed by atoms with Gasteiger partial charge in [0.15, 0.2) is 0 Å². The number of nitrogen functional groups attached to an aromatic ring is 1. The van der Waals surface area contributed by atoms with Gasteiger partial charge in [-0.15, -0.1) is 0 Å². The summed E-state index contributed by atoms with van der Waals surface area (Å²) in [4.78, 5) is 18.8. The van der Waals surface area contributed by atoms with E-state index >= 15 is 0 Å². The summed E-state index contributed by atoms with van der Waals surface area (Å²) in [5.41, 5.74) is 10.2. The second-order valence-corrected chi connectivity index (χ2v) is 7.24. The smallest absolute Gasteiger partial charge is 0.251 e. The lowest BCUT2D eigenvalue weighted by atomic mass is 9.99. The van der Waals surface area contributed by atoms with E-state index in [1.165, 1.54) is 0 Å². The van der Waals surface area contributed by atoms with E-state index in [1.807, 2.05) is 67.5 Å². The van der Waals surface area contributed by atoms with Crippen LogP contribution in [0.25, 0.3) is 22.3 Å². The predicted octanol–water partition coefficient (Wildman–Crippen LogP) is 3.94. The first-order valence-corrected chi connectivity index (χ1v) is 9.36. The zero-order chi connectivity index (χ0) is 20.1. The first-order valence-electron chi connectivity index (χ1n) is 8.99. The molecule has 0 fully saturated rings. The van der Waals surface area contributed by atoms with Gasteiger partial charge in [-0.3, -0.25) is 4.79 Å². The van der Waals surface area contributed by atoms with Gasteiger partial charge in [-0.05, 0) is 55.6 Å². The zero-order valence-electron chi connectivity index (χ0n) is 15.9. The Hall–Kier alpha value is -2.89. The number of nitrogens with two attached hydrogens (primary N) is 1. The third-order valence-electron chi connectivity index (χ3n) is 4.36. The molecule has 3 N–H and O–H groups in total. The number of rotatable bonds is 6. The van der Waals surface area contributed by atoms with E-state index in [9.17, 15) is 4.79 Å². The number of pyridine rings is 1. The number of nitrogens with zero attached hydrogens (tertiary/aromatic N) is 2. The molecule has 0 aliphatic rings. The van der Waals surface area contributed by atoms with E-state index in [-0.39, 0.29) is 5.91 Å². The summed E-state index contributed by atoms with van der Waals surface area (Å²) >= 11 is 6.11. The number of halogens is 1. The summed E-state index contributed by atoms with van der Waals surface area (Å²) in [5.74, 6) is 0.339. The molecule has 28 heavy (non-hydrogen) atoms. The maximum atomic E-state index is 12.4. The summed E-state index contributed by atoms with van der Waals surface area (Å²) < 4.78 is 0. The lowest BCUT2D eigenvalue weighted by Crippen LogP contribution is -2.31. The molecule has 3 aromatic rings. The Morgan fingerprint density at radius 1 is 1.07 bits per heavy atom. The first-order chi connectivity index (χ1) is 13.4. The van der Waals surface area contributed by atoms with Crippen molar-refractivity contribution < 1.29 is 4.79 Å². The number of likely N-dealkylation sites (N-methyl/N-ethyl adjacent to an activating group) is 1. The molecule has 0 spiro atoms. The molecule has 2 aromatic carbocycles. The molecular weight excluding hydrogens is 372 g/mol. The van der Waals surface area contributed by atoms with Crippen LogP contribution in [0.15, 0.2) is 60.8 Å². The van der Waals surface area contributed by atoms with E-state index in [4.69, 9.17) is 17.3 Å². The number of nitrogens with one attached hydrogen (secondary N) is 1. The fourth-order valence-corrected chi connectivity index (χ4v) is 3.05. The van der Waals surface area contributed by atoms with E-state index in [2.05, 4.69) is 10.3 Å². The number of carbonyl (C=O) groups is 1. The predicted molar refractivity (Wildman–Crippen MR) is 115 cm³/mol. The fourth-order valence-electron chi connectivity index (χ4n) is 2.86. The number of hydrogen-bond donors (Lipinski definition) is 2. The average Bonchev–Trinajstić information content (AvgIpc) is 2.68. The van der Waals surface area contributed by atoms with E-state index in [0.29, 0.717) is 22.9 Å². The van der Waals surface area contributed by atoms with Gasteiger partial charge >= 0.3 is 0 Å². The molecule has 0 atom stereocenters. The Morgan fingerprint density at radius 3 is 2.57 bits per heavy atom. The maximum absolute atomic E-state index is 12.4. The molecular formula is C22H23ClN4O. The highest BCUT2D eigenvalue weighted by Gasteiger charge is 2.10. The minimum absolute atomic E-state index is 0.0952. The largest absolute Gasteiger partial charge is 0.383 e. The van der Waals surface area contributed by atoms with Crippen LogP contribution in [0.5, 0.6) is 0 Å². The lowest BCUT2D eigenvalue weighted by molar-refractivity contribution is 0.0951. The summed E-state index contributed by atoms with van der Waals surface area (Å²) in [6.45, 7) is 1.38. The molecule has 0 saturated heterocycles. The number of aromatic nitrogens is 1. The van der Waals surface area contributed by atoms with E-state index in [0.717, 1.165) is 28.8 Å². The van der Waals surface area contributed by atoms with Crippen molar-refractivity contribution in [2.24, 2.45) is 0 Å². The molecule has 5 nitrogen and oxygen atoms in total. The Bertz CT molecular complexity index is 988. The average molecular weight is 395 g/mol. The minimum Gasteiger partial charge on any atom is -0.383 e. The second kappa shape index (κ2) is 8.87. The van der Waals surface area contributed by atoms with Gasteiger partial charge in [-0.2, -0.15) is 0 Å². The molecule has 0 saturated carbocycles. The number of hydrogen-bond acceptors (Lipinski definition) is 4. The molecule has 0 bridgehead atoms. The highest BCUT2D eigenvalue weighted by atomic mass is 35.5. The van der Waals surface area contributed by atoms with Crippen molar-refractivity contribution in [3.8, 4) is 22.3 Å². The number of amides is 1. The Kier molecular flexibility index (Phi) is 6.29. The SMILES string of the molecule is CN(C)CCNC(=O)c1cccc(-c2cnc(N)c(-c3cccc(Cl)c3)c2)c1. The van der Waals surface area contributed by atoms with Crippen molar-refractivity contribution in [2.45, 2.75) is 0 Å². The van der Waals surface area contributed by atoms with Crippen LogP contribution in [0.4, 0.5) is 5.82 Å². The lowest BCUT2D eigenvalue weighted by Gasteiger charge is -2.12. The second-order valence-electron chi connectivity index (χ2n) is 6.81. The zero-order valence-corrected chi connectivity index (χ0v) is 16.7. The Balaban J connectivity index is 1.88. The molecule has 3 rings (SSSR count). The monoisotopic (exact) mass is 394 g/mol. The molecule has 6 heteroatoms. The van der Waals surface area contributed by atoms with Crippen LogP contribution >= 0.6 is 11.6 Å². The highest BCUT2D eigenvalue weighted by Crippen LogP contribution is 2.31. The van der Waals surface area contributed by atoms with Crippen molar-refractivity contribution in [1.82, 2.24) is 15.2 Å². The van der Waals surface area contributed by atoms with E-state index in [1.54, 1.807) is 12.3 Å². The van der Waals surface area contributed by atoms with Gasteiger partial charge in [0.05, 0.1) is 0 Å². The Labute approximate surface area is 170 Å². The quantitative estimate of drug-likeness (QED) is 0.664. The van der Waals surface area contributed by atoms with Gasteiger partial charge in [-0.25, -0.2) is 4.98 Å². The maximum Gasteiger partial charge on any atom is 0.251 e. The summed E-state index contributed by atoms with van der Waals surface area (Å²) in [5, 5.41) is 3.57. The highest BCUT2D eigenvalue weighted by molar-refractivity contribution is 6.30. The first kappa shape index (κ1) is 19.9. The summed E-state index contributed by atoms with van der Waals surface area (Å²) in [6, 6.07) is 16.9. The fraction of sp³-hybridized carbons (Fsp3) is 0.182. The molecule has 1 amide bonds. The van der Waals surface area contributed by atoms with Crippen LogP contribution in [-0.4, -0.2) is 43.0 Å². The van der Waals surface area contributed by atoms with Gasteiger partial charge in [-0.1, -0.05) is 35.9 Å². The summed E-state index contributed by atoms with van der Waals surface area (Å²) in [6.07, 6.45) is 1.71. The van der Waals surface area contributed by atoms with Gasteiger partial charge < -0.3 is 16.0 Å². The molecule has 0 radical (unpaired) electrons. The third-order valence-corrected chi connectivity index (χ3v) is 4.59. The topological polar surface area (TPSA) is 71.2 Å². The number of anilines is 1. The van der Waals surface area contributed by atoms with Crippen molar-refractivity contribution in [2.75, 3.05) is 32.9 Å². The van der Waals surface area contributed by atoms with Gasteiger partial charge in [0.25, 0.3) is 5.91 Å². The van der Waals surface area contributed by atoms with Gasteiger partial charge in [0.2, 0.25) is 0 Å². The molecule has 0 unspecified atom stereocenters. The molecule has 1 aromatic heterocycles. The van der Waals surface area contributed by atoms with Crippen molar-refractivity contribution in [3.05, 3.63) is 71.4 Å². The molecule has 0 aliphatic carbocycles. The van der Waals surface area contributed by atoms with Crippen LogP contribution < -0.4 is 11.1 Å². The third kappa shape index (κ3) is 4.88. The van der Waals surface area contributed by atoms with Crippen LogP contribution in [0.2, 0.25) is 5.02 Å². The van der Waals surface area contributed by atoms with Crippen molar-refractivity contribution in [3.63, 3.8) is 0 Å². The minimum atomic E-state index is -0.0952.